The lowest BCUT2D eigenvalue weighted by atomic mass is 9.85. The van der Waals surface area contributed by atoms with Crippen molar-refractivity contribution in [1.29, 1.82) is 0 Å². The molecule has 1 N–H and O–H groups in total. The monoisotopic (exact) mass is 444 g/mol. The second-order valence-electron chi connectivity index (χ2n) is 7.77. The van der Waals surface area contributed by atoms with Crippen LogP contribution in [-0.2, 0) is 32.8 Å². The topological polar surface area (TPSA) is 58.6 Å². The molecular weight excluding hydrogens is 420 g/mol. The maximum absolute atomic E-state index is 12.7. The van der Waals surface area contributed by atoms with Crippen LogP contribution in [0.15, 0.2) is 43.0 Å². The number of piperidine rings is 1. The summed E-state index contributed by atoms with van der Waals surface area (Å²) < 4.78 is 7.05. The van der Waals surface area contributed by atoms with E-state index >= 15 is 0 Å². The number of thiophene rings is 1. The molecule has 4 rings (SSSR count). The molecule has 7 heteroatoms. The molecule has 1 spiro atoms. The fraction of sp³-hybridized carbons (Fsp3) is 0.391. The maximum atomic E-state index is 12.7. The van der Waals surface area contributed by atoms with Crippen molar-refractivity contribution in [2.24, 2.45) is 0 Å². The van der Waals surface area contributed by atoms with Crippen LogP contribution in [0.3, 0.4) is 0 Å². The second-order valence-corrected chi connectivity index (χ2v) is 9.45. The highest BCUT2D eigenvalue weighted by Gasteiger charge is 2.43. The molecule has 2 amide bonds. The van der Waals surface area contributed by atoms with Crippen molar-refractivity contribution in [3.8, 4) is 0 Å². The highest BCUT2D eigenvalue weighted by Crippen LogP contribution is 2.46. The molecule has 0 radical (unpaired) electrons. The van der Waals surface area contributed by atoms with Gasteiger partial charge in [-0.3, -0.25) is 9.59 Å². The number of likely N-dealkylation sites (tertiary alicyclic amines) is 1. The van der Waals surface area contributed by atoms with Gasteiger partial charge in [0, 0.05) is 30.1 Å². The number of ether oxygens (including phenoxy) is 1. The van der Waals surface area contributed by atoms with Gasteiger partial charge in [-0.1, -0.05) is 30.3 Å². The van der Waals surface area contributed by atoms with Crippen LogP contribution in [0, 0.1) is 0 Å². The number of amides is 2. The number of carbonyl (C=O) groups is 2. The van der Waals surface area contributed by atoms with Crippen molar-refractivity contribution in [2.75, 3.05) is 25.0 Å². The Kier molecular flexibility index (Phi) is 6.27. The summed E-state index contributed by atoms with van der Waals surface area (Å²) in [6.07, 6.45) is 4.95. The first kappa shape index (κ1) is 21.1. The number of hydrogen-bond acceptors (Lipinski definition) is 4. The molecule has 0 bridgehead atoms. The van der Waals surface area contributed by atoms with Gasteiger partial charge in [0.25, 0.3) is 0 Å². The summed E-state index contributed by atoms with van der Waals surface area (Å²) >= 11 is 7.87. The van der Waals surface area contributed by atoms with Crippen LogP contribution < -0.4 is 5.32 Å². The van der Waals surface area contributed by atoms with Gasteiger partial charge in [-0.25, -0.2) is 0 Å². The van der Waals surface area contributed by atoms with Gasteiger partial charge in [0.05, 0.1) is 10.9 Å². The molecule has 0 saturated carbocycles. The number of fused-ring (bicyclic) bond motifs is 2. The third kappa shape index (κ3) is 4.46. The standard InChI is InChI=1S/C23H25ClN2O3S/c1-2-20(27)25-18-6-3-16(4-7-18)5-8-21(28)26-12-10-23(11-13-26)22-17(9-14-29-23)15-19(24)30-22/h2-4,6-7,15H,1,5,8-14H2,(H,25,27). The molecule has 30 heavy (non-hydrogen) atoms. The maximum Gasteiger partial charge on any atom is 0.247 e. The van der Waals surface area contributed by atoms with Gasteiger partial charge >= 0.3 is 0 Å². The first-order chi connectivity index (χ1) is 14.5. The average molecular weight is 445 g/mol. The van der Waals surface area contributed by atoms with E-state index in [1.54, 1.807) is 11.3 Å². The molecule has 0 unspecified atom stereocenters. The average Bonchev–Trinajstić information content (AvgIpc) is 3.15. The van der Waals surface area contributed by atoms with Crippen LogP contribution in [-0.4, -0.2) is 36.4 Å². The molecule has 2 aromatic rings. The summed E-state index contributed by atoms with van der Waals surface area (Å²) in [5.41, 5.74) is 2.83. The molecule has 2 aliphatic heterocycles. The molecule has 1 aromatic carbocycles. The van der Waals surface area contributed by atoms with Crippen LogP contribution in [0.4, 0.5) is 5.69 Å². The van der Waals surface area contributed by atoms with Gasteiger partial charge in [-0.2, -0.15) is 0 Å². The number of carbonyl (C=O) groups excluding carboxylic acids is 2. The third-order valence-electron chi connectivity index (χ3n) is 5.90. The van der Waals surface area contributed by atoms with Gasteiger partial charge in [-0.15, -0.1) is 11.3 Å². The van der Waals surface area contributed by atoms with Crippen LogP contribution in [0.1, 0.15) is 35.3 Å². The van der Waals surface area contributed by atoms with Gasteiger partial charge < -0.3 is 15.0 Å². The van der Waals surface area contributed by atoms with E-state index in [9.17, 15) is 9.59 Å². The second kappa shape index (κ2) is 8.92. The number of hydrogen-bond donors (Lipinski definition) is 1. The Morgan fingerprint density at radius 2 is 2.00 bits per heavy atom. The third-order valence-corrected chi connectivity index (χ3v) is 7.39. The van der Waals surface area contributed by atoms with E-state index in [1.807, 2.05) is 29.2 Å². The first-order valence-corrected chi connectivity index (χ1v) is 11.4. The Morgan fingerprint density at radius 3 is 2.70 bits per heavy atom. The van der Waals surface area contributed by atoms with Crippen molar-refractivity contribution in [1.82, 2.24) is 4.90 Å². The minimum absolute atomic E-state index is 0.175. The number of nitrogens with zero attached hydrogens (tertiary/aromatic N) is 1. The summed E-state index contributed by atoms with van der Waals surface area (Å²) in [6, 6.07) is 9.63. The molecule has 5 nitrogen and oxygen atoms in total. The molecule has 2 aliphatic rings. The van der Waals surface area contributed by atoms with Crippen LogP contribution in [0.2, 0.25) is 4.34 Å². The Balaban J connectivity index is 1.30. The van der Waals surface area contributed by atoms with Crippen LogP contribution >= 0.6 is 22.9 Å². The van der Waals surface area contributed by atoms with E-state index in [-0.39, 0.29) is 17.4 Å². The van der Waals surface area contributed by atoms with E-state index in [0.717, 1.165) is 41.5 Å². The zero-order valence-electron chi connectivity index (χ0n) is 16.8. The Morgan fingerprint density at radius 1 is 1.27 bits per heavy atom. The fourth-order valence-corrected chi connectivity index (χ4v) is 5.73. The Hall–Kier alpha value is -2.15. The van der Waals surface area contributed by atoms with E-state index < -0.39 is 0 Å². The Bertz CT molecular complexity index is 946. The molecule has 1 fully saturated rings. The van der Waals surface area contributed by atoms with Gasteiger partial charge in [0.15, 0.2) is 0 Å². The minimum Gasteiger partial charge on any atom is -0.369 e. The molecule has 1 aromatic heterocycles. The van der Waals surface area contributed by atoms with Crippen molar-refractivity contribution in [3.05, 3.63) is 63.3 Å². The van der Waals surface area contributed by atoms with Crippen molar-refractivity contribution < 1.29 is 14.3 Å². The molecule has 1 saturated heterocycles. The summed E-state index contributed by atoms with van der Waals surface area (Å²) in [5, 5.41) is 2.72. The van der Waals surface area contributed by atoms with Crippen LogP contribution in [0.5, 0.6) is 0 Å². The number of rotatable bonds is 5. The number of aryl methyl sites for hydroxylation is 1. The lowest BCUT2D eigenvalue weighted by Gasteiger charge is -2.43. The summed E-state index contributed by atoms with van der Waals surface area (Å²) in [7, 11) is 0. The normalized spacial score (nSPS) is 17.4. The summed E-state index contributed by atoms with van der Waals surface area (Å²) in [6.45, 7) is 5.58. The van der Waals surface area contributed by atoms with Crippen molar-refractivity contribution in [2.45, 2.75) is 37.7 Å². The van der Waals surface area contributed by atoms with Crippen molar-refractivity contribution in [3.63, 3.8) is 0 Å². The lowest BCUT2D eigenvalue weighted by molar-refractivity contribution is -0.140. The summed E-state index contributed by atoms with van der Waals surface area (Å²) in [4.78, 5) is 27.3. The first-order valence-electron chi connectivity index (χ1n) is 10.2. The quantitative estimate of drug-likeness (QED) is 0.688. The number of halogens is 1. The smallest absolute Gasteiger partial charge is 0.247 e. The van der Waals surface area contributed by atoms with E-state index in [2.05, 4.69) is 18.0 Å². The van der Waals surface area contributed by atoms with Gasteiger partial charge in [0.1, 0.15) is 5.60 Å². The zero-order chi connectivity index (χ0) is 21.1. The fourth-order valence-electron chi connectivity index (χ4n) is 4.23. The summed E-state index contributed by atoms with van der Waals surface area (Å²) in [5.74, 6) is -0.0613. The Labute approximate surface area is 185 Å². The van der Waals surface area contributed by atoms with E-state index in [1.165, 1.54) is 16.5 Å². The molecule has 0 atom stereocenters. The van der Waals surface area contributed by atoms with Gasteiger partial charge in [0.2, 0.25) is 11.8 Å². The molecular formula is C23H25ClN2O3S. The SMILES string of the molecule is C=CC(=O)Nc1ccc(CCC(=O)N2CCC3(CC2)OCCc2cc(Cl)sc23)cc1. The number of nitrogens with one attached hydrogen (secondary N) is 1. The highest BCUT2D eigenvalue weighted by molar-refractivity contribution is 7.16. The molecule has 158 valence electrons. The van der Waals surface area contributed by atoms with Crippen molar-refractivity contribution >= 4 is 40.4 Å². The lowest BCUT2D eigenvalue weighted by Crippen LogP contribution is -2.47. The zero-order valence-corrected chi connectivity index (χ0v) is 18.4. The van der Waals surface area contributed by atoms with E-state index in [0.29, 0.717) is 25.9 Å². The number of benzene rings is 1. The predicted octanol–water partition coefficient (Wildman–Crippen LogP) is 4.55. The predicted molar refractivity (Wildman–Crippen MR) is 120 cm³/mol. The largest absolute Gasteiger partial charge is 0.369 e. The van der Waals surface area contributed by atoms with Gasteiger partial charge in [-0.05, 0) is 61.1 Å². The number of anilines is 1. The minimum atomic E-state index is -0.270. The molecule has 0 aliphatic carbocycles. The molecule has 3 heterocycles. The van der Waals surface area contributed by atoms with Crippen LogP contribution in [0.25, 0.3) is 0 Å². The van der Waals surface area contributed by atoms with E-state index in [4.69, 9.17) is 16.3 Å². The highest BCUT2D eigenvalue weighted by atomic mass is 35.5.